The Hall–Kier alpha value is -3.58. The monoisotopic (exact) mass is 413 g/mol. The summed E-state index contributed by atoms with van der Waals surface area (Å²) in [6.07, 6.45) is 1.37. The average molecular weight is 414 g/mol. The smallest absolute Gasteiger partial charge is 0.340 e. The summed E-state index contributed by atoms with van der Waals surface area (Å²) in [6, 6.07) is 13.9. The van der Waals surface area contributed by atoms with E-state index in [0.29, 0.717) is 5.75 Å². The summed E-state index contributed by atoms with van der Waals surface area (Å²) < 4.78 is 15.2. The minimum absolute atomic E-state index is 0.0970. The van der Waals surface area contributed by atoms with Crippen LogP contribution in [0.4, 0.5) is 5.69 Å². The third kappa shape index (κ3) is 4.83. The number of hydrogen-bond acceptors (Lipinski definition) is 6. The maximum atomic E-state index is 12.4. The second kappa shape index (κ2) is 9.07. The molecule has 7 nitrogen and oxygen atoms in total. The Kier molecular flexibility index (Phi) is 6.31. The van der Waals surface area contributed by atoms with Gasteiger partial charge in [0, 0.05) is 5.56 Å². The van der Waals surface area contributed by atoms with E-state index < -0.39 is 24.3 Å². The van der Waals surface area contributed by atoms with Gasteiger partial charge in [-0.25, -0.2) is 4.79 Å². The molecule has 0 saturated heterocycles. The SMILES string of the molecule is COc1ccc(C(=O)COC(=O)c2ccccc2NC(=O)c2ccco2)cc1Cl. The van der Waals surface area contributed by atoms with Crippen molar-refractivity contribution in [2.45, 2.75) is 0 Å². The Morgan fingerprint density at radius 3 is 2.55 bits per heavy atom. The van der Waals surface area contributed by atoms with Crippen molar-refractivity contribution in [2.24, 2.45) is 0 Å². The molecule has 3 aromatic rings. The molecule has 8 heteroatoms. The zero-order valence-corrected chi connectivity index (χ0v) is 16.1. The molecule has 1 aromatic heterocycles. The first-order valence-corrected chi connectivity index (χ1v) is 8.85. The number of ketones is 1. The lowest BCUT2D eigenvalue weighted by molar-refractivity contribution is 0.0475. The summed E-state index contributed by atoms with van der Waals surface area (Å²) in [4.78, 5) is 36.9. The molecule has 29 heavy (non-hydrogen) atoms. The number of amides is 1. The van der Waals surface area contributed by atoms with Crippen molar-refractivity contribution in [1.29, 1.82) is 0 Å². The van der Waals surface area contributed by atoms with Crippen LogP contribution in [0, 0.1) is 0 Å². The first-order chi connectivity index (χ1) is 14.0. The normalized spacial score (nSPS) is 10.3. The number of carbonyl (C=O) groups is 3. The lowest BCUT2D eigenvalue weighted by Gasteiger charge is -2.10. The fraction of sp³-hybridized carbons (Fsp3) is 0.0952. The van der Waals surface area contributed by atoms with Gasteiger partial charge in [-0.05, 0) is 42.5 Å². The average Bonchev–Trinajstić information content (AvgIpc) is 3.27. The zero-order chi connectivity index (χ0) is 20.8. The molecular formula is C21H16ClNO6. The van der Waals surface area contributed by atoms with Gasteiger partial charge in [0.2, 0.25) is 0 Å². The number of benzene rings is 2. The molecule has 0 aliphatic rings. The molecule has 1 amide bonds. The molecule has 0 atom stereocenters. The molecular weight excluding hydrogens is 398 g/mol. The number of nitrogens with one attached hydrogen (secondary N) is 1. The number of rotatable bonds is 7. The van der Waals surface area contributed by atoms with Gasteiger partial charge in [0.25, 0.3) is 5.91 Å². The summed E-state index contributed by atoms with van der Waals surface area (Å²) >= 11 is 6.01. The summed E-state index contributed by atoms with van der Waals surface area (Å²) in [5, 5.41) is 2.86. The number of Topliss-reactive ketones (excluding diaryl/α,β-unsaturated/α-hetero) is 1. The van der Waals surface area contributed by atoms with E-state index in [1.165, 1.54) is 37.6 Å². The van der Waals surface area contributed by atoms with Crippen LogP contribution in [0.1, 0.15) is 31.3 Å². The van der Waals surface area contributed by atoms with Gasteiger partial charge >= 0.3 is 5.97 Å². The maximum Gasteiger partial charge on any atom is 0.340 e. The number of ether oxygens (including phenoxy) is 2. The molecule has 148 valence electrons. The summed E-state index contributed by atoms with van der Waals surface area (Å²) in [7, 11) is 1.46. The van der Waals surface area contributed by atoms with Gasteiger partial charge in [0.15, 0.2) is 18.2 Å². The largest absolute Gasteiger partial charge is 0.495 e. The van der Waals surface area contributed by atoms with Crippen molar-refractivity contribution in [1.82, 2.24) is 0 Å². The van der Waals surface area contributed by atoms with E-state index in [1.54, 1.807) is 30.3 Å². The Morgan fingerprint density at radius 1 is 1.07 bits per heavy atom. The maximum absolute atomic E-state index is 12.4. The number of furan rings is 1. The number of methoxy groups -OCH3 is 1. The second-order valence-electron chi connectivity index (χ2n) is 5.83. The molecule has 0 spiro atoms. The quantitative estimate of drug-likeness (QED) is 0.460. The van der Waals surface area contributed by atoms with Gasteiger partial charge in [0.1, 0.15) is 5.75 Å². The van der Waals surface area contributed by atoms with E-state index in [0.717, 1.165) is 0 Å². The summed E-state index contributed by atoms with van der Waals surface area (Å²) in [6.45, 7) is -0.484. The van der Waals surface area contributed by atoms with Gasteiger partial charge in [-0.1, -0.05) is 23.7 Å². The van der Waals surface area contributed by atoms with E-state index in [4.69, 9.17) is 25.5 Å². The van der Waals surface area contributed by atoms with Crippen LogP contribution in [0.5, 0.6) is 5.75 Å². The first-order valence-electron chi connectivity index (χ1n) is 8.47. The van der Waals surface area contributed by atoms with Crippen molar-refractivity contribution in [3.63, 3.8) is 0 Å². The highest BCUT2D eigenvalue weighted by molar-refractivity contribution is 6.32. The molecule has 0 aliphatic carbocycles. The van der Waals surface area contributed by atoms with Crippen molar-refractivity contribution >= 4 is 34.9 Å². The number of carbonyl (C=O) groups excluding carboxylic acids is 3. The molecule has 2 aromatic carbocycles. The van der Waals surface area contributed by atoms with Crippen LogP contribution in [0.25, 0.3) is 0 Å². The van der Waals surface area contributed by atoms with Gasteiger partial charge < -0.3 is 19.2 Å². The lowest BCUT2D eigenvalue weighted by Crippen LogP contribution is -2.18. The van der Waals surface area contributed by atoms with Gasteiger partial charge in [-0.15, -0.1) is 0 Å². The Bertz CT molecular complexity index is 1050. The third-order valence-corrected chi connectivity index (χ3v) is 4.24. The van der Waals surface area contributed by atoms with Crippen LogP contribution in [0.3, 0.4) is 0 Å². The highest BCUT2D eigenvalue weighted by Crippen LogP contribution is 2.25. The molecule has 3 rings (SSSR count). The van der Waals surface area contributed by atoms with Gasteiger partial charge in [-0.3, -0.25) is 9.59 Å². The fourth-order valence-corrected chi connectivity index (χ4v) is 2.75. The zero-order valence-electron chi connectivity index (χ0n) is 15.3. The van der Waals surface area contributed by atoms with Crippen molar-refractivity contribution in [2.75, 3.05) is 19.0 Å². The minimum Gasteiger partial charge on any atom is -0.495 e. The van der Waals surface area contributed by atoms with Crippen LogP contribution in [0.2, 0.25) is 5.02 Å². The van der Waals surface area contributed by atoms with Crippen LogP contribution >= 0.6 is 11.6 Å². The molecule has 1 N–H and O–H groups in total. The van der Waals surface area contributed by atoms with Crippen LogP contribution in [-0.2, 0) is 4.74 Å². The number of hydrogen-bond donors (Lipinski definition) is 1. The first kappa shape index (κ1) is 20.2. The number of halogens is 1. The van der Waals surface area contributed by atoms with E-state index in [2.05, 4.69) is 5.32 Å². The fourth-order valence-electron chi connectivity index (χ4n) is 2.49. The van der Waals surface area contributed by atoms with E-state index >= 15 is 0 Å². The third-order valence-electron chi connectivity index (χ3n) is 3.95. The summed E-state index contributed by atoms with van der Waals surface area (Å²) in [5.74, 6) is -1.17. The highest BCUT2D eigenvalue weighted by atomic mass is 35.5. The Morgan fingerprint density at radius 2 is 1.86 bits per heavy atom. The molecule has 0 aliphatic heterocycles. The van der Waals surface area contributed by atoms with Crippen molar-refractivity contribution in [3.8, 4) is 5.75 Å². The second-order valence-corrected chi connectivity index (χ2v) is 6.23. The highest BCUT2D eigenvalue weighted by Gasteiger charge is 2.18. The molecule has 0 fully saturated rings. The lowest BCUT2D eigenvalue weighted by atomic mass is 10.1. The van der Waals surface area contributed by atoms with Crippen LogP contribution in [-0.4, -0.2) is 31.4 Å². The molecule has 0 bridgehead atoms. The van der Waals surface area contributed by atoms with Crippen LogP contribution < -0.4 is 10.1 Å². The van der Waals surface area contributed by atoms with E-state index in [-0.39, 0.29) is 27.6 Å². The molecule has 0 unspecified atom stereocenters. The molecule has 0 saturated carbocycles. The van der Waals surface area contributed by atoms with Crippen LogP contribution in [0.15, 0.2) is 65.3 Å². The van der Waals surface area contributed by atoms with Gasteiger partial charge in [-0.2, -0.15) is 0 Å². The Balaban J connectivity index is 1.67. The Labute approximate surface area is 171 Å². The molecule has 1 heterocycles. The van der Waals surface area contributed by atoms with E-state index in [9.17, 15) is 14.4 Å². The van der Waals surface area contributed by atoms with Crippen molar-refractivity contribution in [3.05, 3.63) is 82.8 Å². The summed E-state index contributed by atoms with van der Waals surface area (Å²) in [5.41, 5.74) is 0.620. The predicted molar refractivity (Wildman–Crippen MR) is 106 cm³/mol. The number of anilines is 1. The van der Waals surface area contributed by atoms with E-state index in [1.807, 2.05) is 0 Å². The predicted octanol–water partition coefficient (Wildman–Crippen LogP) is 4.23. The standard InChI is InChI=1S/C21H16ClNO6/c1-27-18-9-8-13(11-15(18)22)17(24)12-29-21(26)14-5-2-3-6-16(14)23-20(25)19-7-4-10-28-19/h2-11H,12H2,1H3,(H,23,25). The topological polar surface area (TPSA) is 94.8 Å². The number of para-hydroxylation sites is 1. The van der Waals surface area contributed by atoms with Crippen molar-refractivity contribution < 1.29 is 28.3 Å². The minimum atomic E-state index is -0.756. The van der Waals surface area contributed by atoms with Gasteiger partial charge in [0.05, 0.1) is 29.6 Å². The molecule has 0 radical (unpaired) electrons. The number of esters is 1.